The Morgan fingerprint density at radius 1 is 0.750 bits per heavy atom. The molecule has 92 valence electrons. The summed E-state index contributed by atoms with van der Waals surface area (Å²) in [7, 11) is 0. The molecular weight excluding hydrogens is 231 g/mol. The predicted molar refractivity (Wildman–Crippen MR) is 66.2 cm³/mol. The second-order valence-corrected chi connectivity index (χ2v) is 4.21. The van der Waals surface area contributed by atoms with Gasteiger partial charge >= 0.3 is 29.6 Å². The summed E-state index contributed by atoms with van der Waals surface area (Å²) in [4.78, 5) is 4.62. The fourth-order valence-electron chi connectivity index (χ4n) is 1.68. The fourth-order valence-corrected chi connectivity index (χ4v) is 1.75. The van der Waals surface area contributed by atoms with Gasteiger partial charge in [-0.05, 0) is 6.42 Å². The normalized spacial score (nSPS) is 10.1. The molecule has 0 bridgehead atoms. The first kappa shape index (κ1) is 19.6. The van der Waals surface area contributed by atoms with Gasteiger partial charge in [0.2, 0.25) is 0 Å². The molecule has 0 aliphatic carbocycles. The first-order valence-electron chi connectivity index (χ1n) is 6.33. The summed E-state index contributed by atoms with van der Waals surface area (Å²) in [5.74, 6) is 0. The van der Waals surface area contributed by atoms with E-state index in [2.05, 4.69) is 29.1 Å². The van der Waals surface area contributed by atoms with Crippen LogP contribution in [0.1, 0.15) is 71.1 Å². The van der Waals surface area contributed by atoms with Gasteiger partial charge in [0, 0.05) is 0 Å². The minimum absolute atomic E-state index is 0. The van der Waals surface area contributed by atoms with Crippen LogP contribution in [0, 0.1) is 0 Å². The van der Waals surface area contributed by atoms with Crippen LogP contribution in [0.25, 0.3) is 0 Å². The number of hydrogen-bond acceptors (Lipinski definition) is 3. The standard InChI is InChI=1S/C12H26O2S.Na/c1-2-3-4-5-6-7-8-9-10-11-12-13-14-15;/h15H,2-12H2,1H3;/q;+1/p-1. The van der Waals surface area contributed by atoms with Gasteiger partial charge in [0.15, 0.2) is 0 Å². The van der Waals surface area contributed by atoms with Crippen molar-refractivity contribution in [1.82, 2.24) is 0 Å². The third-order valence-electron chi connectivity index (χ3n) is 2.63. The molecule has 16 heavy (non-hydrogen) atoms. The molecule has 0 rings (SSSR count). The van der Waals surface area contributed by atoms with Crippen LogP contribution in [0.3, 0.4) is 0 Å². The molecule has 0 saturated carbocycles. The SMILES string of the molecule is CCCCCCCCCCCCOO[S-].[Na+]. The van der Waals surface area contributed by atoms with E-state index in [4.69, 9.17) is 0 Å². The second-order valence-electron chi connectivity index (χ2n) is 4.07. The number of rotatable bonds is 12. The van der Waals surface area contributed by atoms with Gasteiger partial charge in [-0.25, -0.2) is 0 Å². The summed E-state index contributed by atoms with van der Waals surface area (Å²) in [6, 6.07) is 0. The Labute approximate surface area is 129 Å². The second kappa shape index (κ2) is 18.6. The van der Waals surface area contributed by atoms with E-state index in [0.29, 0.717) is 6.61 Å². The van der Waals surface area contributed by atoms with Gasteiger partial charge in [-0.1, -0.05) is 64.7 Å². The third kappa shape index (κ3) is 17.7. The largest absolute Gasteiger partial charge is 1.00 e. The van der Waals surface area contributed by atoms with Crippen molar-refractivity contribution < 1.29 is 38.8 Å². The smallest absolute Gasteiger partial charge is 0.582 e. The Balaban J connectivity index is 0. The summed E-state index contributed by atoms with van der Waals surface area (Å²) >= 11 is 4.20. The van der Waals surface area contributed by atoms with Gasteiger partial charge in [-0.3, -0.25) is 4.89 Å². The Bertz CT molecular complexity index is 103. The topological polar surface area (TPSA) is 18.5 Å². The first-order chi connectivity index (χ1) is 7.41. The van der Waals surface area contributed by atoms with Gasteiger partial charge in [0.1, 0.15) is 0 Å². The zero-order valence-electron chi connectivity index (χ0n) is 11.0. The monoisotopic (exact) mass is 256 g/mol. The number of unbranched alkanes of at least 4 members (excludes halogenated alkanes) is 9. The minimum atomic E-state index is 0. The van der Waals surface area contributed by atoms with Crippen molar-refractivity contribution in [2.24, 2.45) is 0 Å². The van der Waals surface area contributed by atoms with Crippen LogP contribution in [0.5, 0.6) is 0 Å². The molecule has 0 aromatic heterocycles. The molecule has 2 nitrogen and oxygen atoms in total. The molecular formula is C12H25NaO2S. The molecule has 0 unspecified atom stereocenters. The maximum Gasteiger partial charge on any atom is 1.00 e. The van der Waals surface area contributed by atoms with E-state index in [1.165, 1.54) is 57.8 Å². The summed E-state index contributed by atoms with van der Waals surface area (Å²) < 4.78 is 4.11. The molecule has 4 heteroatoms. The molecule has 0 aromatic rings. The first-order valence-corrected chi connectivity index (χ1v) is 6.66. The van der Waals surface area contributed by atoms with Crippen LogP contribution >= 0.6 is 0 Å². The Hall–Kier alpha value is 1.27. The fraction of sp³-hybridized carbons (Fsp3) is 1.00. The van der Waals surface area contributed by atoms with Crippen LogP contribution < -0.4 is 29.6 Å². The van der Waals surface area contributed by atoms with Crippen LogP contribution in [0.15, 0.2) is 0 Å². The minimum Gasteiger partial charge on any atom is -0.582 e. The van der Waals surface area contributed by atoms with Gasteiger partial charge < -0.3 is 17.2 Å². The average Bonchev–Trinajstić information content (AvgIpc) is 2.26. The van der Waals surface area contributed by atoms with Crippen molar-refractivity contribution >= 4 is 12.9 Å². The average molecular weight is 256 g/mol. The van der Waals surface area contributed by atoms with Crippen molar-refractivity contribution in [3.8, 4) is 0 Å². The Morgan fingerprint density at radius 3 is 1.62 bits per heavy atom. The summed E-state index contributed by atoms with van der Waals surface area (Å²) in [5, 5.41) is 0. The van der Waals surface area contributed by atoms with E-state index in [1.54, 1.807) is 0 Å². The summed E-state index contributed by atoms with van der Waals surface area (Å²) in [6.45, 7) is 2.90. The van der Waals surface area contributed by atoms with Crippen LogP contribution in [0.2, 0.25) is 0 Å². The molecule has 0 N–H and O–H groups in total. The maximum atomic E-state index is 4.62. The quantitative estimate of drug-likeness (QED) is 0.172. The van der Waals surface area contributed by atoms with Crippen molar-refractivity contribution in [3.63, 3.8) is 0 Å². The van der Waals surface area contributed by atoms with Gasteiger partial charge in [-0.2, -0.15) is 0 Å². The van der Waals surface area contributed by atoms with Gasteiger partial charge in [0.05, 0.1) is 6.61 Å². The summed E-state index contributed by atoms with van der Waals surface area (Å²) in [5.41, 5.74) is 0. The molecule has 0 spiro atoms. The van der Waals surface area contributed by atoms with Crippen molar-refractivity contribution in [1.29, 1.82) is 0 Å². The zero-order valence-corrected chi connectivity index (χ0v) is 13.8. The van der Waals surface area contributed by atoms with Crippen LogP contribution in [-0.2, 0) is 22.1 Å². The van der Waals surface area contributed by atoms with E-state index < -0.39 is 0 Å². The van der Waals surface area contributed by atoms with Crippen LogP contribution in [-0.4, -0.2) is 6.61 Å². The Kier molecular flexibility index (Phi) is 22.8. The molecule has 0 aromatic carbocycles. The zero-order chi connectivity index (χ0) is 11.2. The molecule has 0 radical (unpaired) electrons. The maximum absolute atomic E-state index is 4.62. The third-order valence-corrected chi connectivity index (χ3v) is 2.73. The molecule has 0 fully saturated rings. The Morgan fingerprint density at radius 2 is 1.19 bits per heavy atom. The van der Waals surface area contributed by atoms with E-state index in [-0.39, 0.29) is 29.6 Å². The molecule has 0 amide bonds. The summed E-state index contributed by atoms with van der Waals surface area (Å²) in [6.07, 6.45) is 13.3. The van der Waals surface area contributed by atoms with E-state index in [0.717, 1.165) is 6.42 Å². The van der Waals surface area contributed by atoms with Crippen molar-refractivity contribution in [2.75, 3.05) is 6.61 Å². The predicted octanol–water partition coefficient (Wildman–Crippen LogP) is 1.32. The molecule has 0 atom stereocenters. The van der Waals surface area contributed by atoms with Gasteiger partial charge in [0.25, 0.3) is 0 Å². The van der Waals surface area contributed by atoms with Gasteiger partial charge in [-0.15, -0.1) is 0 Å². The molecule has 0 aliphatic rings. The number of hydrogen-bond donors (Lipinski definition) is 0. The van der Waals surface area contributed by atoms with E-state index in [9.17, 15) is 0 Å². The van der Waals surface area contributed by atoms with E-state index >= 15 is 0 Å². The van der Waals surface area contributed by atoms with Crippen molar-refractivity contribution in [3.05, 3.63) is 0 Å². The van der Waals surface area contributed by atoms with E-state index in [1.807, 2.05) is 0 Å². The van der Waals surface area contributed by atoms with Crippen molar-refractivity contribution in [2.45, 2.75) is 71.1 Å². The molecule has 0 aliphatic heterocycles. The molecule has 0 heterocycles. The molecule has 0 saturated heterocycles. The van der Waals surface area contributed by atoms with Crippen LogP contribution in [0.4, 0.5) is 0 Å².